The van der Waals surface area contributed by atoms with E-state index in [9.17, 15) is 0 Å². The summed E-state index contributed by atoms with van der Waals surface area (Å²) < 4.78 is 16.1. The van der Waals surface area contributed by atoms with Gasteiger partial charge in [-0.1, -0.05) is 6.08 Å². The van der Waals surface area contributed by atoms with Crippen LogP contribution in [0.25, 0.3) is 16.7 Å². The molecule has 3 aromatic rings. The van der Waals surface area contributed by atoms with Crippen molar-refractivity contribution in [3.8, 4) is 17.2 Å². The van der Waals surface area contributed by atoms with E-state index in [0.29, 0.717) is 46.2 Å². The van der Waals surface area contributed by atoms with E-state index in [1.165, 1.54) is 0 Å². The molecule has 1 aromatic carbocycles. The first-order chi connectivity index (χ1) is 13.5. The normalized spacial score (nSPS) is 11.5. The van der Waals surface area contributed by atoms with Crippen LogP contribution in [0, 0.1) is 0 Å². The molecule has 0 saturated heterocycles. The van der Waals surface area contributed by atoms with Crippen molar-refractivity contribution < 1.29 is 14.2 Å². The number of hydrogen-bond acceptors (Lipinski definition) is 9. The van der Waals surface area contributed by atoms with Crippen LogP contribution in [0.2, 0.25) is 0 Å². The SMILES string of the molecule is COc1cc(C(N)=CCc2cnc3nc(N)nc(N)c3c2)cc(OC)c1OC. The Balaban J connectivity index is 1.91. The van der Waals surface area contributed by atoms with Crippen molar-refractivity contribution in [2.45, 2.75) is 6.42 Å². The zero-order valence-electron chi connectivity index (χ0n) is 15.9. The monoisotopic (exact) mass is 382 g/mol. The van der Waals surface area contributed by atoms with Gasteiger partial charge in [-0.15, -0.1) is 0 Å². The number of pyridine rings is 1. The summed E-state index contributed by atoms with van der Waals surface area (Å²) in [6.07, 6.45) is 4.11. The first-order valence-electron chi connectivity index (χ1n) is 8.40. The first-order valence-corrected chi connectivity index (χ1v) is 8.40. The van der Waals surface area contributed by atoms with E-state index < -0.39 is 0 Å². The zero-order chi connectivity index (χ0) is 20.3. The van der Waals surface area contributed by atoms with Gasteiger partial charge in [-0.25, -0.2) is 4.98 Å². The number of nitrogens with two attached hydrogens (primary N) is 3. The molecule has 3 rings (SSSR count). The quantitative estimate of drug-likeness (QED) is 0.580. The van der Waals surface area contributed by atoms with Crippen molar-refractivity contribution in [1.82, 2.24) is 15.0 Å². The Morgan fingerprint density at radius 1 is 1.00 bits per heavy atom. The van der Waals surface area contributed by atoms with Crippen molar-refractivity contribution >= 4 is 28.5 Å². The predicted molar refractivity (Wildman–Crippen MR) is 108 cm³/mol. The molecule has 2 aromatic heterocycles. The van der Waals surface area contributed by atoms with Crippen molar-refractivity contribution in [3.63, 3.8) is 0 Å². The number of hydrogen-bond donors (Lipinski definition) is 3. The minimum atomic E-state index is 0.0943. The minimum Gasteiger partial charge on any atom is -0.493 e. The topological polar surface area (TPSA) is 144 Å². The van der Waals surface area contributed by atoms with Crippen LogP contribution in [0.15, 0.2) is 30.5 Å². The highest BCUT2D eigenvalue weighted by molar-refractivity contribution is 5.86. The maximum absolute atomic E-state index is 6.27. The van der Waals surface area contributed by atoms with E-state index in [2.05, 4.69) is 15.0 Å². The van der Waals surface area contributed by atoms with Gasteiger partial charge in [0.2, 0.25) is 11.7 Å². The molecule has 0 aliphatic carbocycles. The first kappa shape index (κ1) is 19.0. The number of allylic oxidation sites excluding steroid dienone is 1. The van der Waals surface area contributed by atoms with E-state index >= 15 is 0 Å². The Morgan fingerprint density at radius 3 is 2.29 bits per heavy atom. The fraction of sp³-hybridized carbons (Fsp3) is 0.211. The van der Waals surface area contributed by atoms with Gasteiger partial charge in [-0.05, 0) is 30.2 Å². The van der Waals surface area contributed by atoms with Crippen molar-refractivity contribution in [2.75, 3.05) is 32.8 Å². The van der Waals surface area contributed by atoms with Crippen LogP contribution < -0.4 is 31.4 Å². The molecule has 0 atom stereocenters. The molecule has 0 saturated carbocycles. The third-order valence-corrected chi connectivity index (χ3v) is 4.21. The lowest BCUT2D eigenvalue weighted by Gasteiger charge is -2.14. The second kappa shape index (κ2) is 7.87. The molecule has 0 spiro atoms. The lowest BCUT2D eigenvalue weighted by molar-refractivity contribution is 0.324. The zero-order valence-corrected chi connectivity index (χ0v) is 15.9. The van der Waals surface area contributed by atoms with E-state index in [-0.39, 0.29) is 5.95 Å². The lowest BCUT2D eigenvalue weighted by Crippen LogP contribution is -2.03. The molecule has 0 bridgehead atoms. The Morgan fingerprint density at radius 2 is 1.68 bits per heavy atom. The lowest BCUT2D eigenvalue weighted by atomic mass is 10.1. The van der Waals surface area contributed by atoms with Crippen molar-refractivity contribution in [3.05, 3.63) is 41.6 Å². The molecule has 0 fully saturated rings. The molecular formula is C19H22N6O3. The standard InChI is InChI=1S/C19H22N6O3/c1-26-14-7-11(8-15(27-2)16(14)28-3)13(20)5-4-10-6-12-17(21)24-19(22)25-18(12)23-9-10/h5-9H,4,20H2,1-3H3,(H4,21,22,23,24,25). The molecule has 0 radical (unpaired) electrons. The largest absolute Gasteiger partial charge is 0.493 e. The van der Waals surface area contributed by atoms with E-state index in [1.807, 2.05) is 12.1 Å². The van der Waals surface area contributed by atoms with Crippen LogP contribution in [-0.2, 0) is 6.42 Å². The molecule has 6 N–H and O–H groups in total. The Bertz CT molecular complexity index is 1030. The van der Waals surface area contributed by atoms with Crippen molar-refractivity contribution in [2.24, 2.45) is 5.73 Å². The molecule has 0 unspecified atom stereocenters. The third-order valence-electron chi connectivity index (χ3n) is 4.21. The number of rotatable bonds is 6. The van der Waals surface area contributed by atoms with Gasteiger partial charge in [0.25, 0.3) is 0 Å². The number of aromatic nitrogens is 3. The second-order valence-corrected chi connectivity index (χ2v) is 5.96. The summed E-state index contributed by atoms with van der Waals surface area (Å²) in [6.45, 7) is 0. The summed E-state index contributed by atoms with van der Waals surface area (Å²) in [5.74, 6) is 1.96. The van der Waals surface area contributed by atoms with E-state index in [0.717, 1.165) is 11.1 Å². The van der Waals surface area contributed by atoms with E-state index in [4.69, 9.17) is 31.4 Å². The van der Waals surface area contributed by atoms with Crippen LogP contribution >= 0.6 is 0 Å². The highest BCUT2D eigenvalue weighted by Gasteiger charge is 2.14. The summed E-state index contributed by atoms with van der Waals surface area (Å²) in [5.41, 5.74) is 20.4. The summed E-state index contributed by atoms with van der Waals surface area (Å²) >= 11 is 0. The second-order valence-electron chi connectivity index (χ2n) is 5.96. The fourth-order valence-electron chi connectivity index (χ4n) is 2.80. The predicted octanol–water partition coefficient (Wildman–Crippen LogP) is 1.76. The number of benzene rings is 1. The Kier molecular flexibility index (Phi) is 5.35. The highest BCUT2D eigenvalue weighted by atomic mass is 16.5. The molecule has 0 aliphatic heterocycles. The van der Waals surface area contributed by atoms with Gasteiger partial charge in [0.1, 0.15) is 5.82 Å². The van der Waals surface area contributed by atoms with Gasteiger partial charge in [0.05, 0.1) is 26.7 Å². The average Bonchev–Trinajstić information content (AvgIpc) is 2.70. The minimum absolute atomic E-state index is 0.0943. The molecule has 0 aliphatic rings. The van der Waals surface area contributed by atoms with Gasteiger partial charge < -0.3 is 31.4 Å². The van der Waals surface area contributed by atoms with Gasteiger partial charge in [-0.2, -0.15) is 9.97 Å². The number of anilines is 2. The third kappa shape index (κ3) is 3.68. The number of fused-ring (bicyclic) bond motifs is 1. The van der Waals surface area contributed by atoms with Crippen LogP contribution in [0.5, 0.6) is 17.2 Å². The summed E-state index contributed by atoms with van der Waals surface area (Å²) in [5, 5.41) is 0.645. The molecule has 2 heterocycles. The van der Waals surface area contributed by atoms with Crippen LogP contribution in [-0.4, -0.2) is 36.3 Å². The number of methoxy groups -OCH3 is 3. The fourth-order valence-corrected chi connectivity index (χ4v) is 2.80. The smallest absolute Gasteiger partial charge is 0.224 e. The average molecular weight is 382 g/mol. The molecule has 9 nitrogen and oxygen atoms in total. The van der Waals surface area contributed by atoms with E-state index in [1.54, 1.807) is 39.7 Å². The maximum atomic E-state index is 6.27. The van der Waals surface area contributed by atoms with Gasteiger partial charge in [0, 0.05) is 17.5 Å². The van der Waals surface area contributed by atoms with Crippen LogP contribution in [0.4, 0.5) is 11.8 Å². The highest BCUT2D eigenvalue weighted by Crippen LogP contribution is 2.39. The number of nitrogens with zero attached hydrogens (tertiary/aromatic N) is 3. The number of ether oxygens (including phenoxy) is 3. The van der Waals surface area contributed by atoms with Gasteiger partial charge >= 0.3 is 0 Å². The Labute approximate surface area is 162 Å². The summed E-state index contributed by atoms with van der Waals surface area (Å²) in [6, 6.07) is 5.46. The molecule has 146 valence electrons. The summed E-state index contributed by atoms with van der Waals surface area (Å²) in [4.78, 5) is 12.3. The Hall–Kier alpha value is -3.75. The molecular weight excluding hydrogens is 360 g/mol. The molecule has 9 heteroatoms. The van der Waals surface area contributed by atoms with Crippen molar-refractivity contribution in [1.29, 1.82) is 0 Å². The van der Waals surface area contributed by atoms with Gasteiger partial charge in [0.15, 0.2) is 17.1 Å². The van der Waals surface area contributed by atoms with Crippen LogP contribution in [0.1, 0.15) is 11.1 Å². The summed E-state index contributed by atoms with van der Waals surface area (Å²) in [7, 11) is 4.66. The molecule has 28 heavy (non-hydrogen) atoms. The number of nitrogen functional groups attached to an aromatic ring is 2. The van der Waals surface area contributed by atoms with Crippen LogP contribution in [0.3, 0.4) is 0 Å². The van der Waals surface area contributed by atoms with Gasteiger partial charge in [-0.3, -0.25) is 0 Å². The molecule has 0 amide bonds. The maximum Gasteiger partial charge on any atom is 0.224 e.